The lowest BCUT2D eigenvalue weighted by Gasteiger charge is -2.34. The Morgan fingerprint density at radius 2 is 1.48 bits per heavy atom. The Labute approximate surface area is 268 Å². The van der Waals surface area contributed by atoms with Crippen LogP contribution in [0.15, 0.2) is 108 Å². The number of benzene rings is 4. The van der Waals surface area contributed by atoms with Gasteiger partial charge in [0.05, 0.1) is 17.7 Å². The van der Waals surface area contributed by atoms with Crippen molar-refractivity contribution in [2.24, 2.45) is 5.92 Å². The summed E-state index contributed by atoms with van der Waals surface area (Å²) in [5.74, 6) is -1.86. The number of carbonyl (C=O) groups excluding carboxylic acids is 2. The van der Waals surface area contributed by atoms with Gasteiger partial charge in [0.15, 0.2) is 0 Å². The van der Waals surface area contributed by atoms with Crippen molar-refractivity contribution in [1.82, 2.24) is 10.2 Å². The zero-order chi connectivity index (χ0) is 33.3. The molecule has 0 aromatic heterocycles. The minimum atomic E-state index is -4.39. The van der Waals surface area contributed by atoms with Crippen LogP contribution in [0.5, 0.6) is 5.75 Å². The Balaban J connectivity index is 1.80. The second-order valence-electron chi connectivity index (χ2n) is 11.1. The molecule has 0 aliphatic rings. The van der Waals surface area contributed by atoms with Crippen molar-refractivity contribution in [3.63, 3.8) is 0 Å². The second kappa shape index (κ2) is 15.5. The lowest BCUT2D eigenvalue weighted by molar-refractivity contribution is -0.140. The van der Waals surface area contributed by atoms with E-state index in [2.05, 4.69) is 5.32 Å². The van der Waals surface area contributed by atoms with Crippen molar-refractivity contribution < 1.29 is 31.5 Å². The standard InChI is InChI=1S/C35H37F2N3O5S/c1-25(2)22-38-35(42)33(21-26-9-5-4-6-10-26)39(23-27-11-7-8-12-32(27)37)34(41)24-40(29-15-13-28(36)14-16-29)46(43,44)31-19-17-30(45-3)18-20-31/h4-20,25,33H,21-24H2,1-3H3,(H,38,42)/t33-/m1/s1. The number of rotatable bonds is 14. The van der Waals surface area contributed by atoms with Crippen LogP contribution in [0.3, 0.4) is 0 Å². The average Bonchev–Trinajstić information content (AvgIpc) is 3.05. The highest BCUT2D eigenvalue weighted by atomic mass is 32.2. The van der Waals surface area contributed by atoms with Gasteiger partial charge >= 0.3 is 0 Å². The van der Waals surface area contributed by atoms with E-state index >= 15 is 4.39 Å². The summed E-state index contributed by atoms with van der Waals surface area (Å²) in [6.45, 7) is 3.13. The summed E-state index contributed by atoms with van der Waals surface area (Å²) in [7, 11) is -2.95. The third kappa shape index (κ3) is 8.69. The maximum absolute atomic E-state index is 15.0. The first-order valence-electron chi connectivity index (χ1n) is 14.8. The topological polar surface area (TPSA) is 96.0 Å². The van der Waals surface area contributed by atoms with Gasteiger partial charge in [-0.3, -0.25) is 13.9 Å². The fourth-order valence-electron chi connectivity index (χ4n) is 4.80. The van der Waals surface area contributed by atoms with Crippen LogP contribution in [0.1, 0.15) is 25.0 Å². The van der Waals surface area contributed by atoms with Crippen molar-refractivity contribution in [3.8, 4) is 5.75 Å². The van der Waals surface area contributed by atoms with Crippen molar-refractivity contribution in [3.05, 3.63) is 126 Å². The molecule has 46 heavy (non-hydrogen) atoms. The Bertz CT molecular complexity index is 1720. The van der Waals surface area contributed by atoms with Gasteiger partial charge in [0.25, 0.3) is 10.0 Å². The summed E-state index contributed by atoms with van der Waals surface area (Å²) in [6, 6.07) is 24.1. The van der Waals surface area contributed by atoms with Crippen LogP contribution in [0, 0.1) is 17.6 Å². The Morgan fingerprint density at radius 3 is 2.09 bits per heavy atom. The molecule has 4 aromatic rings. The van der Waals surface area contributed by atoms with Crippen LogP contribution in [0.25, 0.3) is 0 Å². The molecule has 0 saturated carbocycles. The van der Waals surface area contributed by atoms with Crippen molar-refractivity contribution >= 4 is 27.5 Å². The number of nitrogens with one attached hydrogen (secondary N) is 1. The number of carbonyl (C=O) groups is 2. The Kier molecular flexibility index (Phi) is 11.5. The first kappa shape index (κ1) is 34.1. The van der Waals surface area contributed by atoms with Crippen LogP contribution < -0.4 is 14.4 Å². The molecule has 242 valence electrons. The molecule has 4 rings (SSSR count). The quantitative estimate of drug-likeness (QED) is 0.193. The molecule has 1 N–H and O–H groups in total. The highest BCUT2D eigenvalue weighted by Crippen LogP contribution is 2.27. The number of hydrogen-bond donors (Lipinski definition) is 1. The third-order valence-electron chi connectivity index (χ3n) is 7.30. The number of amides is 2. The largest absolute Gasteiger partial charge is 0.497 e. The molecule has 0 fully saturated rings. The van der Waals surface area contributed by atoms with Crippen LogP contribution in [-0.2, 0) is 32.6 Å². The lowest BCUT2D eigenvalue weighted by atomic mass is 10.0. The first-order chi connectivity index (χ1) is 22.0. The Hall–Kier alpha value is -4.77. The van der Waals surface area contributed by atoms with Gasteiger partial charge in [-0.25, -0.2) is 17.2 Å². The second-order valence-corrected chi connectivity index (χ2v) is 13.0. The molecule has 0 aliphatic carbocycles. The molecule has 1 atom stereocenters. The van der Waals surface area contributed by atoms with E-state index in [0.29, 0.717) is 12.3 Å². The maximum Gasteiger partial charge on any atom is 0.264 e. The molecule has 0 aliphatic heterocycles. The highest BCUT2D eigenvalue weighted by molar-refractivity contribution is 7.92. The first-order valence-corrected chi connectivity index (χ1v) is 16.2. The molecular formula is C35H37F2N3O5S. The zero-order valence-corrected chi connectivity index (χ0v) is 26.7. The molecule has 8 nitrogen and oxygen atoms in total. The van der Waals surface area contributed by atoms with Crippen LogP contribution in [0.2, 0.25) is 0 Å². The molecular weight excluding hydrogens is 612 g/mol. The SMILES string of the molecule is COc1ccc(S(=O)(=O)N(CC(=O)N(Cc2ccccc2F)[C@H](Cc2ccccc2)C(=O)NCC(C)C)c2ccc(F)cc2)cc1. The summed E-state index contributed by atoms with van der Waals surface area (Å²) < 4.78 is 63.0. The molecule has 0 radical (unpaired) electrons. The summed E-state index contributed by atoms with van der Waals surface area (Å²) in [5.41, 5.74) is 0.928. The number of methoxy groups -OCH3 is 1. The number of ether oxygens (including phenoxy) is 1. The number of nitrogens with zero attached hydrogens (tertiary/aromatic N) is 2. The van der Waals surface area contributed by atoms with E-state index in [9.17, 15) is 22.4 Å². The fraction of sp³-hybridized carbons (Fsp3) is 0.257. The van der Waals surface area contributed by atoms with Gasteiger partial charge in [0.2, 0.25) is 11.8 Å². The van der Waals surface area contributed by atoms with E-state index in [4.69, 9.17) is 4.74 Å². The third-order valence-corrected chi connectivity index (χ3v) is 9.08. The van der Waals surface area contributed by atoms with E-state index in [1.807, 2.05) is 32.0 Å². The summed E-state index contributed by atoms with van der Waals surface area (Å²) >= 11 is 0. The fourth-order valence-corrected chi connectivity index (χ4v) is 6.21. The van der Waals surface area contributed by atoms with Gasteiger partial charge in [-0.05, 0) is 66.1 Å². The smallest absolute Gasteiger partial charge is 0.264 e. The molecule has 0 heterocycles. The molecule has 4 aromatic carbocycles. The Morgan fingerprint density at radius 1 is 0.848 bits per heavy atom. The number of halogens is 2. The van der Waals surface area contributed by atoms with Crippen LogP contribution >= 0.6 is 0 Å². The predicted molar refractivity (Wildman–Crippen MR) is 173 cm³/mol. The van der Waals surface area contributed by atoms with E-state index in [0.717, 1.165) is 22.0 Å². The van der Waals surface area contributed by atoms with Gasteiger partial charge < -0.3 is 15.0 Å². The lowest BCUT2D eigenvalue weighted by Crippen LogP contribution is -2.53. The van der Waals surface area contributed by atoms with Crippen LogP contribution in [-0.4, -0.2) is 51.4 Å². The number of hydrogen-bond acceptors (Lipinski definition) is 5. The molecule has 0 saturated heterocycles. The maximum atomic E-state index is 15.0. The summed E-state index contributed by atoms with van der Waals surface area (Å²) in [4.78, 5) is 29.2. The molecule has 0 spiro atoms. The van der Waals surface area contributed by atoms with Gasteiger partial charge in [0, 0.05) is 25.1 Å². The van der Waals surface area contributed by atoms with E-state index in [-0.39, 0.29) is 35.0 Å². The van der Waals surface area contributed by atoms with Gasteiger partial charge in [-0.15, -0.1) is 0 Å². The summed E-state index contributed by atoms with van der Waals surface area (Å²) in [6.07, 6.45) is 0.0900. The number of sulfonamides is 1. The minimum Gasteiger partial charge on any atom is -0.497 e. The molecule has 0 unspecified atom stereocenters. The van der Waals surface area contributed by atoms with Crippen molar-refractivity contribution in [1.29, 1.82) is 0 Å². The highest BCUT2D eigenvalue weighted by Gasteiger charge is 2.35. The molecule has 0 bridgehead atoms. The minimum absolute atomic E-state index is 0.0280. The van der Waals surface area contributed by atoms with Crippen LogP contribution in [0.4, 0.5) is 14.5 Å². The average molecular weight is 650 g/mol. The molecule has 2 amide bonds. The number of anilines is 1. The monoisotopic (exact) mass is 649 g/mol. The van der Waals surface area contributed by atoms with Crippen molar-refractivity contribution in [2.45, 2.75) is 37.8 Å². The van der Waals surface area contributed by atoms with Gasteiger partial charge in [0.1, 0.15) is 30.0 Å². The normalized spacial score (nSPS) is 12.0. The zero-order valence-electron chi connectivity index (χ0n) is 25.9. The van der Waals surface area contributed by atoms with E-state index in [1.54, 1.807) is 18.2 Å². The van der Waals surface area contributed by atoms with Gasteiger partial charge in [-0.2, -0.15) is 0 Å². The van der Waals surface area contributed by atoms with E-state index < -0.39 is 46.1 Å². The summed E-state index contributed by atoms with van der Waals surface area (Å²) in [5, 5.41) is 2.88. The van der Waals surface area contributed by atoms with Crippen molar-refractivity contribution in [2.75, 3.05) is 24.5 Å². The van der Waals surface area contributed by atoms with E-state index in [1.165, 1.54) is 66.6 Å². The molecule has 11 heteroatoms. The predicted octanol–water partition coefficient (Wildman–Crippen LogP) is 5.58. The van der Waals surface area contributed by atoms with Gasteiger partial charge in [-0.1, -0.05) is 62.4 Å².